The first-order valence-electron chi connectivity index (χ1n) is 26.4. The fourth-order valence-electron chi connectivity index (χ4n) is 8.89. The number of carbonyl (C=O) groups excluding carboxylic acids is 11. The Labute approximate surface area is 457 Å². The average Bonchev–Trinajstić information content (AvgIpc) is 4.08. The summed E-state index contributed by atoms with van der Waals surface area (Å²) >= 11 is 0. The first-order chi connectivity index (χ1) is 37.4. The summed E-state index contributed by atoms with van der Waals surface area (Å²) in [5, 5.41) is 21.4. The number of carbonyl (C=O) groups is 11. The van der Waals surface area contributed by atoms with Gasteiger partial charge in [-0.1, -0.05) is 58.0 Å². The van der Waals surface area contributed by atoms with Crippen molar-refractivity contribution in [1.82, 2.24) is 52.4 Å². The van der Waals surface area contributed by atoms with Gasteiger partial charge in [-0.3, -0.25) is 52.7 Å². The third kappa shape index (κ3) is 20.1. The number of nitrogens with two attached hydrogens (primary N) is 4. The summed E-state index contributed by atoms with van der Waals surface area (Å²) in [4.78, 5) is 151. The molecule has 4 rings (SSSR count). The predicted molar refractivity (Wildman–Crippen MR) is 288 cm³/mol. The summed E-state index contributed by atoms with van der Waals surface area (Å²) in [6.07, 6.45) is 2.45. The van der Waals surface area contributed by atoms with Gasteiger partial charge in [-0.15, -0.1) is 0 Å². The van der Waals surface area contributed by atoms with Crippen molar-refractivity contribution in [3.8, 4) is 0 Å². The van der Waals surface area contributed by atoms with Crippen molar-refractivity contribution < 1.29 is 57.1 Å². The van der Waals surface area contributed by atoms with Gasteiger partial charge in [-0.2, -0.15) is 0 Å². The first-order valence-corrected chi connectivity index (χ1v) is 26.4. The molecule has 432 valence electrons. The number of hydrogen-bond acceptors (Lipinski definition) is 13. The molecule has 0 saturated carbocycles. The molecule has 0 spiro atoms. The van der Waals surface area contributed by atoms with Crippen molar-refractivity contribution in [2.24, 2.45) is 34.8 Å². The van der Waals surface area contributed by atoms with E-state index in [4.69, 9.17) is 22.9 Å². The van der Waals surface area contributed by atoms with Crippen molar-refractivity contribution in [3.63, 3.8) is 0 Å². The third-order valence-corrected chi connectivity index (χ3v) is 13.0. The molecule has 2 aromatic carbocycles. The number of likely N-dealkylation sites (tertiary alicyclic amines) is 1. The number of unbranched alkanes of at least 4 members (excludes halogenated alkanes) is 1. The lowest BCUT2D eigenvalue weighted by Gasteiger charge is -2.29. The number of nitrogens with zero attached hydrogens (tertiary/aromatic N) is 1. The fraction of sp³-hybridized carbons (Fsp3) is 0.528. The van der Waals surface area contributed by atoms with E-state index in [0.29, 0.717) is 30.4 Å². The highest BCUT2D eigenvalue weighted by Crippen LogP contribution is 2.22. The summed E-state index contributed by atoms with van der Waals surface area (Å²) < 4.78 is 13.7. The molecular weight excluding hydrogens is 1030 g/mol. The van der Waals surface area contributed by atoms with E-state index in [2.05, 4.69) is 47.5 Å². The second kappa shape index (κ2) is 30.8. The minimum absolute atomic E-state index is 0.0219. The number of aromatic amines is 1. The number of aromatic nitrogens is 1. The molecule has 25 nitrogen and oxygen atoms in total. The zero-order valence-corrected chi connectivity index (χ0v) is 45.3. The lowest BCUT2D eigenvalue weighted by atomic mass is 9.98. The molecule has 1 fully saturated rings. The van der Waals surface area contributed by atoms with Gasteiger partial charge in [0.15, 0.2) is 0 Å². The van der Waals surface area contributed by atoms with Gasteiger partial charge in [-0.05, 0) is 93.2 Å². The van der Waals surface area contributed by atoms with Crippen LogP contribution in [0.3, 0.4) is 0 Å². The SMILES string of the molecule is CC(C)C[C@H](NC(=O)[C@H](Cc1c[nH]c2ccccc12)NC(=O)CNC(=O)[C@@H]1CCCN1C(=O)[C@H](Cc1ccc(F)cc1)NC(=O)[C@H](C)N)C(=O)N[C@H](C(=O)N[C@@H](CCCCN)C(=O)N[C@@H](CC(N)=O)C(=O)NCC(N)=O)C(C)C. The van der Waals surface area contributed by atoms with Crippen LogP contribution < -0.4 is 65.5 Å². The molecule has 1 aliphatic rings. The number of rotatable bonds is 31. The van der Waals surface area contributed by atoms with Gasteiger partial charge in [-0.25, -0.2) is 4.39 Å². The highest BCUT2D eigenvalue weighted by Gasteiger charge is 2.39. The molecule has 0 bridgehead atoms. The number of hydrogen-bond donors (Lipinski definition) is 13. The van der Waals surface area contributed by atoms with Crippen LogP contribution in [0.2, 0.25) is 0 Å². The molecule has 79 heavy (non-hydrogen) atoms. The van der Waals surface area contributed by atoms with E-state index in [0.717, 1.165) is 10.9 Å². The lowest BCUT2D eigenvalue weighted by molar-refractivity contribution is -0.141. The van der Waals surface area contributed by atoms with Crippen molar-refractivity contribution >= 4 is 75.9 Å². The molecule has 3 aromatic rings. The van der Waals surface area contributed by atoms with E-state index in [1.54, 1.807) is 40.0 Å². The van der Waals surface area contributed by atoms with Crippen LogP contribution in [0.5, 0.6) is 0 Å². The predicted octanol–water partition coefficient (Wildman–Crippen LogP) is -2.24. The summed E-state index contributed by atoms with van der Waals surface area (Å²) in [5.41, 5.74) is 23.9. The summed E-state index contributed by atoms with van der Waals surface area (Å²) in [5.74, 6) is -9.97. The van der Waals surface area contributed by atoms with Crippen LogP contribution in [0.25, 0.3) is 10.9 Å². The Balaban J connectivity index is 1.52. The molecule has 1 aromatic heterocycles. The quantitative estimate of drug-likeness (QED) is 0.0304. The smallest absolute Gasteiger partial charge is 0.246 e. The van der Waals surface area contributed by atoms with Crippen molar-refractivity contribution in [2.75, 3.05) is 26.2 Å². The Morgan fingerprint density at radius 3 is 1.94 bits per heavy atom. The van der Waals surface area contributed by atoms with Crippen LogP contribution in [0, 0.1) is 17.7 Å². The highest BCUT2D eigenvalue weighted by molar-refractivity contribution is 5.99. The molecule has 1 aliphatic heterocycles. The van der Waals surface area contributed by atoms with Crippen LogP contribution >= 0.6 is 0 Å². The Kier molecular flexibility index (Phi) is 24.8. The topological polar surface area (TPSA) is 407 Å². The normalized spacial score (nSPS) is 15.8. The summed E-state index contributed by atoms with van der Waals surface area (Å²) in [6, 6.07) is 2.72. The maximum absolute atomic E-state index is 14.5. The standard InChI is InChI=1S/C53H77FN14O11/c1-28(2)21-37(50(76)67-45(29(3)4)52(78)63-36(13-8-9-19-55)48(74)65-39(24-42(57)69)47(73)60-26-43(58)70)64-49(75)38(23-32-25-59-35-12-7-6-11-34(32)35)62-44(71)27-61-51(77)41-14-10-20-68(41)53(79)40(66-46(72)30(5)56)22-31-15-17-33(54)18-16-31/h6-7,11-12,15-18,25,28-30,36-41,45,59H,8-10,13-14,19-24,26-27,55-56H2,1-5H3,(H2,57,69)(H2,58,70)(H,60,73)(H,61,77)(H,62,71)(H,63,78)(H,64,75)(H,65,74)(H,66,72)(H,67,76)/t30-,36-,37-,38-,39-,40-,41-,45-/m0/s1. The second-order valence-electron chi connectivity index (χ2n) is 20.5. The third-order valence-electron chi connectivity index (χ3n) is 13.0. The van der Waals surface area contributed by atoms with Gasteiger partial charge in [0.2, 0.25) is 65.0 Å². The molecule has 8 atom stereocenters. The number of benzene rings is 2. The molecule has 0 unspecified atom stereocenters. The largest absolute Gasteiger partial charge is 0.370 e. The molecule has 26 heteroatoms. The van der Waals surface area contributed by atoms with E-state index < -0.39 is 145 Å². The molecular formula is C53H77FN14O11. The van der Waals surface area contributed by atoms with Crippen LogP contribution in [0.1, 0.15) is 90.7 Å². The molecule has 2 heterocycles. The zero-order valence-electron chi connectivity index (χ0n) is 45.3. The molecule has 0 aliphatic carbocycles. The monoisotopic (exact) mass is 1100 g/mol. The molecule has 0 radical (unpaired) electrons. The molecule has 17 N–H and O–H groups in total. The Hall–Kier alpha value is -8.00. The van der Waals surface area contributed by atoms with Crippen molar-refractivity contribution in [3.05, 3.63) is 71.7 Å². The molecule has 11 amide bonds. The Morgan fingerprint density at radius 1 is 0.671 bits per heavy atom. The van der Waals surface area contributed by atoms with E-state index in [-0.39, 0.29) is 51.1 Å². The minimum atomic E-state index is -1.54. The number of H-pyrrole nitrogens is 1. The summed E-state index contributed by atoms with van der Waals surface area (Å²) in [6.45, 7) is 7.52. The van der Waals surface area contributed by atoms with Crippen LogP contribution in [0.15, 0.2) is 54.7 Å². The van der Waals surface area contributed by atoms with Gasteiger partial charge in [0, 0.05) is 36.5 Å². The maximum Gasteiger partial charge on any atom is 0.246 e. The second-order valence-corrected chi connectivity index (χ2v) is 20.5. The van der Waals surface area contributed by atoms with Crippen molar-refractivity contribution in [1.29, 1.82) is 0 Å². The summed E-state index contributed by atoms with van der Waals surface area (Å²) in [7, 11) is 0. The van der Waals surface area contributed by atoms with Gasteiger partial charge in [0.25, 0.3) is 0 Å². The highest BCUT2D eigenvalue weighted by atomic mass is 19.1. The number of halogens is 1. The zero-order chi connectivity index (χ0) is 58.5. The number of para-hydroxylation sites is 1. The van der Waals surface area contributed by atoms with Crippen LogP contribution in [-0.2, 0) is 65.6 Å². The van der Waals surface area contributed by atoms with Gasteiger partial charge >= 0.3 is 0 Å². The lowest BCUT2D eigenvalue weighted by Crippen LogP contribution is -2.60. The number of fused-ring (bicyclic) bond motifs is 1. The molecule has 1 saturated heterocycles. The van der Waals surface area contributed by atoms with Gasteiger partial charge in [0.1, 0.15) is 48.1 Å². The van der Waals surface area contributed by atoms with Crippen LogP contribution in [0.4, 0.5) is 4.39 Å². The van der Waals surface area contributed by atoms with Gasteiger partial charge < -0.3 is 75.4 Å². The number of nitrogens with one attached hydrogen (secondary N) is 9. The average molecular weight is 1110 g/mol. The fourth-order valence-corrected chi connectivity index (χ4v) is 8.89. The van der Waals surface area contributed by atoms with Crippen molar-refractivity contribution in [2.45, 2.75) is 141 Å². The maximum atomic E-state index is 14.5. The van der Waals surface area contributed by atoms with E-state index in [1.165, 1.54) is 36.1 Å². The van der Waals surface area contributed by atoms with E-state index >= 15 is 0 Å². The first kappa shape index (κ1) is 63.5. The van der Waals surface area contributed by atoms with Gasteiger partial charge in [0.05, 0.1) is 25.6 Å². The Morgan fingerprint density at radius 2 is 1.30 bits per heavy atom. The van der Waals surface area contributed by atoms with Crippen LogP contribution in [-0.4, -0.2) is 149 Å². The minimum Gasteiger partial charge on any atom is -0.370 e. The number of amides is 11. The van der Waals surface area contributed by atoms with E-state index in [9.17, 15) is 57.1 Å². The van der Waals surface area contributed by atoms with E-state index in [1.807, 2.05) is 18.2 Å². The Bertz CT molecular complexity index is 2650. The number of primary amides is 2.